The highest BCUT2D eigenvalue weighted by Crippen LogP contribution is 2.22. The molecule has 0 heterocycles. The third-order valence-electron chi connectivity index (χ3n) is 3.97. The van der Waals surface area contributed by atoms with E-state index in [1.165, 1.54) is 13.2 Å². The lowest BCUT2D eigenvalue weighted by molar-refractivity contribution is 0.0734. The fourth-order valence-electron chi connectivity index (χ4n) is 2.50. The van der Waals surface area contributed by atoms with Crippen molar-refractivity contribution in [1.29, 1.82) is 0 Å². The second-order valence-corrected chi connectivity index (χ2v) is 6.30. The van der Waals surface area contributed by atoms with Crippen LogP contribution >= 0.6 is 11.6 Å². The minimum absolute atomic E-state index is 0.175. The summed E-state index contributed by atoms with van der Waals surface area (Å²) in [5.74, 6) is 0.237. The number of ketones is 1. The van der Waals surface area contributed by atoms with Gasteiger partial charge in [0, 0.05) is 16.1 Å². The van der Waals surface area contributed by atoms with Gasteiger partial charge in [-0.05, 0) is 60.7 Å². The molecule has 0 aliphatic rings. The Morgan fingerprint density at radius 2 is 1.64 bits per heavy atom. The summed E-state index contributed by atoms with van der Waals surface area (Å²) in [5.41, 5.74) is 1.50. The molecule has 0 amide bonds. The Hall–Kier alpha value is -3.37. The van der Waals surface area contributed by atoms with Gasteiger partial charge in [0.05, 0.1) is 12.7 Å². The molecule has 0 N–H and O–H groups in total. The molecule has 5 heteroatoms. The first kappa shape index (κ1) is 19.4. The SMILES string of the molecule is COc1cccc(C(=O)Oc2ccccc2C=CC(=O)c2ccc(Cl)cc2)c1. The molecule has 0 saturated carbocycles. The van der Waals surface area contributed by atoms with Crippen molar-refractivity contribution in [2.45, 2.75) is 0 Å². The minimum Gasteiger partial charge on any atom is -0.497 e. The van der Waals surface area contributed by atoms with E-state index >= 15 is 0 Å². The highest BCUT2D eigenvalue weighted by atomic mass is 35.5. The molecule has 140 valence electrons. The fraction of sp³-hybridized carbons (Fsp3) is 0.0435. The van der Waals surface area contributed by atoms with Gasteiger partial charge in [0.2, 0.25) is 0 Å². The molecule has 3 aromatic carbocycles. The van der Waals surface area contributed by atoms with Gasteiger partial charge in [-0.2, -0.15) is 0 Å². The topological polar surface area (TPSA) is 52.6 Å². The van der Waals surface area contributed by atoms with Gasteiger partial charge in [-0.1, -0.05) is 35.9 Å². The van der Waals surface area contributed by atoms with Crippen molar-refractivity contribution >= 4 is 29.4 Å². The van der Waals surface area contributed by atoms with Crippen LogP contribution in [0.15, 0.2) is 78.9 Å². The number of ether oxygens (including phenoxy) is 2. The fourth-order valence-corrected chi connectivity index (χ4v) is 2.62. The zero-order valence-electron chi connectivity index (χ0n) is 15.1. The number of para-hydroxylation sites is 1. The van der Waals surface area contributed by atoms with E-state index in [0.717, 1.165) is 0 Å². The standard InChI is InChI=1S/C23H17ClO4/c1-27-20-7-4-6-18(15-20)23(26)28-22-8-3-2-5-17(22)11-14-21(25)16-9-12-19(24)13-10-16/h2-15H,1H3. The van der Waals surface area contributed by atoms with Crippen molar-refractivity contribution in [2.75, 3.05) is 7.11 Å². The maximum Gasteiger partial charge on any atom is 0.343 e. The molecule has 3 rings (SSSR count). The first-order valence-electron chi connectivity index (χ1n) is 8.50. The summed E-state index contributed by atoms with van der Waals surface area (Å²) >= 11 is 5.84. The number of rotatable bonds is 6. The minimum atomic E-state index is -0.510. The van der Waals surface area contributed by atoms with Crippen LogP contribution in [0.25, 0.3) is 6.08 Å². The van der Waals surface area contributed by atoms with Crippen molar-refractivity contribution in [1.82, 2.24) is 0 Å². The van der Waals surface area contributed by atoms with Gasteiger partial charge in [-0.3, -0.25) is 4.79 Å². The first-order valence-corrected chi connectivity index (χ1v) is 8.88. The van der Waals surface area contributed by atoms with Gasteiger partial charge in [0.25, 0.3) is 0 Å². The van der Waals surface area contributed by atoms with Crippen LogP contribution in [-0.4, -0.2) is 18.9 Å². The molecule has 3 aromatic rings. The highest BCUT2D eigenvalue weighted by molar-refractivity contribution is 6.30. The summed E-state index contributed by atoms with van der Waals surface area (Å²) < 4.78 is 10.6. The van der Waals surface area contributed by atoms with Crippen molar-refractivity contribution < 1.29 is 19.1 Å². The summed E-state index contributed by atoms with van der Waals surface area (Å²) in [7, 11) is 1.53. The maximum absolute atomic E-state index is 12.4. The molecule has 0 radical (unpaired) electrons. The zero-order chi connectivity index (χ0) is 19.9. The number of hydrogen-bond donors (Lipinski definition) is 0. The number of hydrogen-bond acceptors (Lipinski definition) is 4. The average molecular weight is 393 g/mol. The Morgan fingerprint density at radius 1 is 0.893 bits per heavy atom. The Bertz CT molecular complexity index is 1020. The average Bonchev–Trinajstić information content (AvgIpc) is 2.73. The molecular formula is C23H17ClO4. The van der Waals surface area contributed by atoms with E-state index in [2.05, 4.69) is 0 Å². The second kappa shape index (κ2) is 9.02. The number of carbonyl (C=O) groups excluding carboxylic acids is 2. The predicted octanol–water partition coefficient (Wildman–Crippen LogP) is 5.46. The van der Waals surface area contributed by atoms with Gasteiger partial charge >= 0.3 is 5.97 Å². The Kier molecular flexibility index (Phi) is 6.25. The Balaban J connectivity index is 1.78. The molecule has 0 fully saturated rings. The van der Waals surface area contributed by atoms with Crippen molar-refractivity contribution in [3.63, 3.8) is 0 Å². The molecule has 0 aliphatic carbocycles. The van der Waals surface area contributed by atoms with Gasteiger partial charge in [0.15, 0.2) is 5.78 Å². The summed E-state index contributed by atoms with van der Waals surface area (Å²) in [6, 6.07) is 20.3. The van der Waals surface area contributed by atoms with Gasteiger partial charge in [-0.25, -0.2) is 4.79 Å². The Labute approximate surface area is 168 Å². The molecule has 0 aromatic heterocycles. The van der Waals surface area contributed by atoms with Gasteiger partial charge in [0.1, 0.15) is 11.5 Å². The molecule has 4 nitrogen and oxygen atoms in total. The van der Waals surface area contributed by atoms with Crippen LogP contribution in [0, 0.1) is 0 Å². The zero-order valence-corrected chi connectivity index (χ0v) is 15.8. The van der Waals surface area contributed by atoms with Gasteiger partial charge in [-0.15, -0.1) is 0 Å². The molecule has 0 spiro atoms. The summed E-state index contributed by atoms with van der Waals surface area (Å²) in [6.45, 7) is 0. The predicted molar refractivity (Wildman–Crippen MR) is 109 cm³/mol. The lowest BCUT2D eigenvalue weighted by atomic mass is 10.1. The van der Waals surface area contributed by atoms with E-state index in [9.17, 15) is 9.59 Å². The smallest absolute Gasteiger partial charge is 0.343 e. The number of methoxy groups -OCH3 is 1. The highest BCUT2D eigenvalue weighted by Gasteiger charge is 2.12. The molecule has 0 aliphatic heterocycles. The lowest BCUT2D eigenvalue weighted by Gasteiger charge is -2.08. The lowest BCUT2D eigenvalue weighted by Crippen LogP contribution is -2.09. The number of halogens is 1. The van der Waals surface area contributed by atoms with E-state index in [0.29, 0.717) is 33.2 Å². The number of allylic oxidation sites excluding steroid dienone is 1. The van der Waals surface area contributed by atoms with E-state index in [1.807, 2.05) is 0 Å². The van der Waals surface area contributed by atoms with Crippen molar-refractivity contribution in [3.05, 3.63) is 101 Å². The van der Waals surface area contributed by atoms with Gasteiger partial charge < -0.3 is 9.47 Å². The van der Waals surface area contributed by atoms with Crippen LogP contribution in [0.2, 0.25) is 5.02 Å². The molecule has 0 unspecified atom stereocenters. The summed E-state index contributed by atoms with van der Waals surface area (Å²) in [4.78, 5) is 24.7. The number of esters is 1. The van der Waals surface area contributed by atoms with Crippen molar-refractivity contribution in [2.24, 2.45) is 0 Å². The van der Waals surface area contributed by atoms with Crippen LogP contribution in [-0.2, 0) is 0 Å². The largest absolute Gasteiger partial charge is 0.497 e. The van der Waals surface area contributed by atoms with Crippen molar-refractivity contribution in [3.8, 4) is 11.5 Å². The van der Waals surface area contributed by atoms with Crippen LogP contribution in [0.3, 0.4) is 0 Å². The third kappa shape index (κ3) is 4.87. The monoisotopic (exact) mass is 392 g/mol. The summed E-state index contributed by atoms with van der Waals surface area (Å²) in [5, 5.41) is 0.565. The van der Waals surface area contributed by atoms with E-state index in [1.54, 1.807) is 78.9 Å². The molecule has 0 bridgehead atoms. The number of benzene rings is 3. The van der Waals surface area contributed by atoms with Crippen LogP contribution < -0.4 is 9.47 Å². The molecular weight excluding hydrogens is 376 g/mol. The third-order valence-corrected chi connectivity index (χ3v) is 4.22. The van der Waals surface area contributed by atoms with Crippen LogP contribution in [0.4, 0.5) is 0 Å². The van der Waals surface area contributed by atoms with E-state index < -0.39 is 5.97 Å². The first-order chi connectivity index (χ1) is 13.6. The van der Waals surface area contributed by atoms with E-state index in [4.69, 9.17) is 21.1 Å². The summed E-state index contributed by atoms with van der Waals surface area (Å²) in [6.07, 6.45) is 3.05. The van der Waals surface area contributed by atoms with Crippen LogP contribution in [0.1, 0.15) is 26.3 Å². The van der Waals surface area contributed by atoms with E-state index in [-0.39, 0.29) is 5.78 Å². The Morgan fingerprint density at radius 3 is 2.39 bits per heavy atom. The van der Waals surface area contributed by atoms with Crippen LogP contribution in [0.5, 0.6) is 11.5 Å². The molecule has 28 heavy (non-hydrogen) atoms. The molecule has 0 atom stereocenters. The maximum atomic E-state index is 12.4. The quantitative estimate of drug-likeness (QED) is 0.242. The number of carbonyl (C=O) groups is 2. The second-order valence-electron chi connectivity index (χ2n) is 5.86. The molecule has 0 saturated heterocycles. The normalized spacial score (nSPS) is 10.6.